The van der Waals surface area contributed by atoms with Crippen LogP contribution in [0.5, 0.6) is 0 Å². The number of amides is 1. The Hall–Kier alpha value is -2.16. The highest BCUT2D eigenvalue weighted by Crippen LogP contribution is 2.52. The van der Waals surface area contributed by atoms with Gasteiger partial charge in [-0.05, 0) is 42.0 Å². The minimum atomic E-state index is -1.60. The number of hydrogen-bond donors (Lipinski definition) is 2. The quantitative estimate of drug-likeness (QED) is 0.775. The number of hydrogen-bond acceptors (Lipinski definition) is 2. The van der Waals surface area contributed by atoms with Gasteiger partial charge in [-0.15, -0.1) is 0 Å². The second-order valence-corrected chi connectivity index (χ2v) is 8.14. The summed E-state index contributed by atoms with van der Waals surface area (Å²) in [6.45, 7) is 1.05. The van der Waals surface area contributed by atoms with Gasteiger partial charge in [0.05, 0.1) is 5.56 Å². The van der Waals surface area contributed by atoms with Gasteiger partial charge in [0.1, 0.15) is 11.6 Å². The molecular formula is C20H21F2N3O2S. The Morgan fingerprint density at radius 1 is 1.18 bits per heavy atom. The standard InChI is InChI=1S/C20H21F2N3O2S/c21-17-6-3-7-18(22)19(17)14-5-2-1-4-13(14)15-10-16(15)20(26)25-9-8-12(25)11-24-28(23)27/h1-7,12,15-16,24H,8-11,23H2/t12-,15-,16+,28?/m0/s1. The normalized spacial score (nSPS) is 24.5. The summed E-state index contributed by atoms with van der Waals surface area (Å²) in [6.07, 6.45) is 1.50. The lowest BCUT2D eigenvalue weighted by Gasteiger charge is -2.41. The molecule has 0 spiro atoms. The molecule has 0 bridgehead atoms. The molecule has 2 aliphatic rings. The van der Waals surface area contributed by atoms with Gasteiger partial charge in [-0.1, -0.05) is 30.3 Å². The van der Waals surface area contributed by atoms with Crippen molar-refractivity contribution >= 4 is 17.1 Å². The zero-order valence-corrected chi connectivity index (χ0v) is 15.9. The van der Waals surface area contributed by atoms with Crippen molar-refractivity contribution in [3.63, 3.8) is 0 Å². The fourth-order valence-electron chi connectivity index (χ4n) is 3.95. The number of carbonyl (C=O) groups excluding carboxylic acids is 1. The van der Waals surface area contributed by atoms with Crippen molar-refractivity contribution in [2.45, 2.75) is 24.8 Å². The molecule has 0 radical (unpaired) electrons. The van der Waals surface area contributed by atoms with Crippen LogP contribution in [0.4, 0.5) is 8.78 Å². The Morgan fingerprint density at radius 3 is 2.54 bits per heavy atom. The maximum absolute atomic E-state index is 14.3. The third-order valence-corrected chi connectivity index (χ3v) is 6.04. The summed E-state index contributed by atoms with van der Waals surface area (Å²) in [6, 6.07) is 10.9. The molecule has 5 nitrogen and oxygen atoms in total. The van der Waals surface area contributed by atoms with Crippen molar-refractivity contribution in [3.8, 4) is 11.1 Å². The van der Waals surface area contributed by atoms with Crippen LogP contribution in [0.2, 0.25) is 0 Å². The first kappa shape index (κ1) is 19.2. The molecule has 0 aromatic heterocycles. The van der Waals surface area contributed by atoms with Crippen LogP contribution in [0.1, 0.15) is 24.3 Å². The Kier molecular flexibility index (Phi) is 5.27. The highest BCUT2D eigenvalue weighted by atomic mass is 32.2. The average molecular weight is 405 g/mol. The van der Waals surface area contributed by atoms with Crippen LogP contribution in [0.3, 0.4) is 0 Å². The van der Waals surface area contributed by atoms with E-state index in [4.69, 9.17) is 5.14 Å². The molecule has 1 heterocycles. The summed E-state index contributed by atoms with van der Waals surface area (Å²) in [5.74, 6) is -1.43. The molecule has 2 fully saturated rings. The lowest BCUT2D eigenvalue weighted by molar-refractivity contribution is -0.140. The second kappa shape index (κ2) is 7.69. The smallest absolute Gasteiger partial charge is 0.226 e. The zero-order chi connectivity index (χ0) is 19.8. The van der Waals surface area contributed by atoms with Gasteiger partial charge in [0.2, 0.25) is 5.91 Å². The van der Waals surface area contributed by atoms with Crippen molar-refractivity contribution in [1.82, 2.24) is 9.62 Å². The summed E-state index contributed by atoms with van der Waals surface area (Å²) < 4.78 is 42.2. The number of likely N-dealkylation sites (tertiary alicyclic amines) is 1. The molecule has 4 atom stereocenters. The summed E-state index contributed by atoms with van der Waals surface area (Å²) >= 11 is -1.60. The van der Waals surface area contributed by atoms with E-state index in [0.29, 0.717) is 25.1 Å². The lowest BCUT2D eigenvalue weighted by Crippen LogP contribution is -2.56. The molecule has 1 amide bonds. The minimum Gasteiger partial charge on any atom is -0.338 e. The van der Waals surface area contributed by atoms with Crippen molar-refractivity contribution in [2.75, 3.05) is 13.1 Å². The molecular weight excluding hydrogens is 384 g/mol. The second-order valence-electron chi connectivity index (χ2n) is 7.25. The van der Waals surface area contributed by atoms with Gasteiger partial charge in [-0.25, -0.2) is 22.9 Å². The number of benzene rings is 2. The Bertz CT molecular complexity index is 919. The molecule has 1 aliphatic carbocycles. The molecule has 1 saturated carbocycles. The van der Waals surface area contributed by atoms with Gasteiger partial charge in [0.15, 0.2) is 11.2 Å². The maximum atomic E-state index is 14.3. The average Bonchev–Trinajstić information content (AvgIpc) is 3.41. The highest BCUT2D eigenvalue weighted by molar-refractivity contribution is 7.80. The summed E-state index contributed by atoms with van der Waals surface area (Å²) in [5, 5.41) is 5.20. The van der Waals surface area contributed by atoms with Gasteiger partial charge < -0.3 is 4.90 Å². The van der Waals surface area contributed by atoms with Gasteiger partial charge in [-0.3, -0.25) is 4.79 Å². The lowest BCUT2D eigenvalue weighted by atomic mass is 9.94. The van der Waals surface area contributed by atoms with Crippen molar-refractivity contribution in [3.05, 3.63) is 59.7 Å². The Labute approximate surface area is 164 Å². The first-order valence-electron chi connectivity index (χ1n) is 9.21. The van der Waals surface area contributed by atoms with Gasteiger partial charge in [-0.2, -0.15) is 0 Å². The Balaban J connectivity index is 1.52. The third-order valence-electron chi connectivity index (χ3n) is 5.59. The van der Waals surface area contributed by atoms with Crippen molar-refractivity contribution in [1.29, 1.82) is 0 Å². The van der Waals surface area contributed by atoms with Gasteiger partial charge in [0.25, 0.3) is 0 Å². The molecule has 28 heavy (non-hydrogen) atoms. The predicted octanol–water partition coefficient (Wildman–Crippen LogP) is 2.46. The van der Waals surface area contributed by atoms with E-state index in [1.807, 2.05) is 12.1 Å². The Morgan fingerprint density at radius 2 is 1.89 bits per heavy atom. The van der Waals surface area contributed by atoms with E-state index < -0.39 is 22.8 Å². The molecule has 2 aromatic carbocycles. The maximum Gasteiger partial charge on any atom is 0.226 e. The van der Waals surface area contributed by atoms with Crippen LogP contribution in [0.15, 0.2) is 42.5 Å². The summed E-state index contributed by atoms with van der Waals surface area (Å²) in [5.41, 5.74) is 1.24. The first-order valence-corrected chi connectivity index (χ1v) is 10.4. The highest BCUT2D eigenvalue weighted by Gasteiger charge is 2.49. The number of rotatable bonds is 6. The molecule has 4 rings (SSSR count). The van der Waals surface area contributed by atoms with E-state index in [1.54, 1.807) is 17.0 Å². The fourth-order valence-corrected chi connectivity index (χ4v) is 4.31. The van der Waals surface area contributed by atoms with E-state index >= 15 is 0 Å². The van der Waals surface area contributed by atoms with E-state index in [1.165, 1.54) is 18.2 Å². The monoisotopic (exact) mass is 405 g/mol. The van der Waals surface area contributed by atoms with Crippen LogP contribution >= 0.6 is 0 Å². The molecule has 1 aliphatic heterocycles. The number of nitrogens with one attached hydrogen (secondary N) is 1. The van der Waals surface area contributed by atoms with E-state index in [2.05, 4.69) is 4.72 Å². The van der Waals surface area contributed by atoms with Crippen LogP contribution in [0.25, 0.3) is 11.1 Å². The number of nitrogens with zero attached hydrogens (tertiary/aromatic N) is 1. The number of halogens is 2. The van der Waals surface area contributed by atoms with Crippen LogP contribution in [-0.2, 0) is 16.0 Å². The molecule has 1 unspecified atom stereocenters. The topological polar surface area (TPSA) is 75.4 Å². The number of carbonyl (C=O) groups is 1. The first-order chi connectivity index (χ1) is 13.5. The van der Waals surface area contributed by atoms with Gasteiger partial charge in [0, 0.05) is 25.0 Å². The predicted molar refractivity (Wildman–Crippen MR) is 103 cm³/mol. The summed E-state index contributed by atoms with van der Waals surface area (Å²) in [7, 11) is 0. The summed E-state index contributed by atoms with van der Waals surface area (Å²) in [4.78, 5) is 14.6. The van der Waals surface area contributed by atoms with E-state index in [0.717, 1.165) is 12.0 Å². The third kappa shape index (κ3) is 3.59. The van der Waals surface area contributed by atoms with Crippen molar-refractivity contribution < 1.29 is 17.8 Å². The molecule has 8 heteroatoms. The van der Waals surface area contributed by atoms with Crippen LogP contribution in [-0.4, -0.2) is 34.1 Å². The van der Waals surface area contributed by atoms with Crippen LogP contribution < -0.4 is 9.86 Å². The van der Waals surface area contributed by atoms with E-state index in [-0.39, 0.29) is 29.3 Å². The fraction of sp³-hybridized carbons (Fsp3) is 0.350. The minimum absolute atomic E-state index is 0.0134. The van der Waals surface area contributed by atoms with Gasteiger partial charge >= 0.3 is 0 Å². The molecule has 3 N–H and O–H groups in total. The van der Waals surface area contributed by atoms with Crippen molar-refractivity contribution in [2.24, 2.45) is 11.1 Å². The zero-order valence-electron chi connectivity index (χ0n) is 15.1. The molecule has 2 aromatic rings. The number of nitrogens with two attached hydrogens (primary N) is 1. The molecule has 1 saturated heterocycles. The largest absolute Gasteiger partial charge is 0.338 e. The van der Waals surface area contributed by atoms with E-state index in [9.17, 15) is 17.8 Å². The SMILES string of the molecule is NS(=O)NC[C@@H]1CCN1C(=O)[C@@H]1C[C@H]1c1ccccc1-c1c(F)cccc1F. The molecule has 148 valence electrons. The van der Waals surface area contributed by atoms with Crippen LogP contribution in [0, 0.1) is 17.6 Å².